The Balaban J connectivity index is 1.76. The van der Waals surface area contributed by atoms with Gasteiger partial charge in [-0.05, 0) is 55.5 Å². The van der Waals surface area contributed by atoms with Gasteiger partial charge < -0.3 is 10.6 Å². The predicted molar refractivity (Wildman–Crippen MR) is 102 cm³/mol. The number of hydrogen-bond donors (Lipinski definition) is 2. The second-order valence-electron chi connectivity index (χ2n) is 6.58. The SMILES string of the molecule is CC1CC(CN)CN1C(=O)c1cccc(S(=O)(=O)NCc2cccs2)c1. The number of benzene rings is 1. The van der Waals surface area contributed by atoms with Gasteiger partial charge in [-0.25, -0.2) is 13.1 Å². The monoisotopic (exact) mass is 393 g/mol. The van der Waals surface area contributed by atoms with Crippen LogP contribution < -0.4 is 10.5 Å². The van der Waals surface area contributed by atoms with Gasteiger partial charge in [0.25, 0.3) is 5.91 Å². The lowest BCUT2D eigenvalue weighted by Crippen LogP contribution is -2.34. The summed E-state index contributed by atoms with van der Waals surface area (Å²) in [6.07, 6.45) is 0.878. The van der Waals surface area contributed by atoms with E-state index >= 15 is 0 Å². The highest BCUT2D eigenvalue weighted by Gasteiger charge is 2.32. The summed E-state index contributed by atoms with van der Waals surface area (Å²) >= 11 is 1.49. The molecule has 1 aliphatic heterocycles. The molecule has 2 unspecified atom stereocenters. The molecule has 0 bridgehead atoms. The summed E-state index contributed by atoms with van der Waals surface area (Å²) < 4.78 is 27.7. The summed E-state index contributed by atoms with van der Waals surface area (Å²) in [4.78, 5) is 15.6. The van der Waals surface area contributed by atoms with Crippen LogP contribution >= 0.6 is 11.3 Å². The third-order valence-corrected chi connectivity index (χ3v) is 6.94. The Morgan fingerprint density at radius 2 is 2.15 bits per heavy atom. The van der Waals surface area contributed by atoms with Crippen LogP contribution in [0.15, 0.2) is 46.7 Å². The number of nitrogens with zero attached hydrogens (tertiary/aromatic N) is 1. The number of thiophene rings is 1. The predicted octanol–water partition coefficient (Wildman–Crippen LogP) is 2.04. The van der Waals surface area contributed by atoms with E-state index in [-0.39, 0.29) is 23.4 Å². The normalized spacial score (nSPS) is 20.5. The first-order valence-corrected chi connectivity index (χ1v) is 10.9. The summed E-state index contributed by atoms with van der Waals surface area (Å²) in [6.45, 7) is 3.40. The lowest BCUT2D eigenvalue weighted by Gasteiger charge is -2.21. The summed E-state index contributed by atoms with van der Waals surface area (Å²) in [7, 11) is -3.68. The van der Waals surface area contributed by atoms with Gasteiger partial charge in [0.1, 0.15) is 0 Å². The Morgan fingerprint density at radius 1 is 1.35 bits per heavy atom. The van der Waals surface area contributed by atoms with Gasteiger partial charge in [0.05, 0.1) is 4.90 Å². The lowest BCUT2D eigenvalue weighted by molar-refractivity contribution is 0.0743. The lowest BCUT2D eigenvalue weighted by atomic mass is 10.1. The highest BCUT2D eigenvalue weighted by molar-refractivity contribution is 7.89. The van der Waals surface area contributed by atoms with Crippen LogP contribution in [-0.4, -0.2) is 38.4 Å². The fraction of sp³-hybridized carbons (Fsp3) is 0.389. The smallest absolute Gasteiger partial charge is 0.254 e. The first-order valence-electron chi connectivity index (χ1n) is 8.54. The molecule has 0 aliphatic carbocycles. The van der Waals surface area contributed by atoms with Crippen molar-refractivity contribution < 1.29 is 13.2 Å². The fourth-order valence-corrected chi connectivity index (χ4v) is 5.01. The molecular weight excluding hydrogens is 370 g/mol. The maximum atomic E-state index is 12.8. The molecule has 1 aromatic carbocycles. The Labute approximate surface area is 158 Å². The molecule has 1 fully saturated rings. The number of amides is 1. The van der Waals surface area contributed by atoms with Crippen molar-refractivity contribution in [3.63, 3.8) is 0 Å². The number of sulfonamides is 1. The number of nitrogens with two attached hydrogens (primary N) is 1. The van der Waals surface area contributed by atoms with E-state index in [0.717, 1.165) is 11.3 Å². The van der Waals surface area contributed by atoms with Gasteiger partial charge in [0.2, 0.25) is 10.0 Å². The van der Waals surface area contributed by atoms with Crippen molar-refractivity contribution in [2.75, 3.05) is 13.1 Å². The molecule has 0 spiro atoms. The maximum Gasteiger partial charge on any atom is 0.254 e. The third-order valence-electron chi connectivity index (χ3n) is 4.66. The Kier molecular flexibility index (Phi) is 5.76. The molecule has 3 rings (SSSR count). The summed E-state index contributed by atoms with van der Waals surface area (Å²) in [5.74, 6) is 0.150. The Bertz CT molecular complexity index is 866. The van der Waals surface area contributed by atoms with E-state index < -0.39 is 10.0 Å². The van der Waals surface area contributed by atoms with Crippen LogP contribution in [0.5, 0.6) is 0 Å². The molecule has 1 aromatic heterocycles. The van der Waals surface area contributed by atoms with E-state index in [0.29, 0.717) is 24.6 Å². The maximum absolute atomic E-state index is 12.8. The third kappa shape index (κ3) is 4.15. The topological polar surface area (TPSA) is 92.5 Å². The standard InChI is InChI=1S/C18H23N3O3S2/c1-13-8-14(10-19)12-21(13)18(22)15-4-2-6-17(9-15)26(23,24)20-11-16-5-3-7-25-16/h2-7,9,13-14,20H,8,10-12,19H2,1H3. The van der Waals surface area contributed by atoms with Crippen molar-refractivity contribution in [1.29, 1.82) is 0 Å². The van der Waals surface area contributed by atoms with Crippen LogP contribution in [-0.2, 0) is 16.6 Å². The molecule has 140 valence electrons. The molecule has 26 heavy (non-hydrogen) atoms. The van der Waals surface area contributed by atoms with Crippen molar-refractivity contribution >= 4 is 27.3 Å². The first kappa shape index (κ1) is 19.0. The second-order valence-corrected chi connectivity index (χ2v) is 9.37. The summed E-state index contributed by atoms with van der Waals surface area (Å²) in [5, 5.41) is 1.90. The summed E-state index contributed by atoms with van der Waals surface area (Å²) in [6, 6.07) is 10.1. The number of hydrogen-bond acceptors (Lipinski definition) is 5. The molecule has 1 saturated heterocycles. The van der Waals surface area contributed by atoms with Crippen molar-refractivity contribution in [1.82, 2.24) is 9.62 Å². The molecule has 2 atom stereocenters. The molecule has 1 amide bonds. The van der Waals surface area contributed by atoms with E-state index in [4.69, 9.17) is 5.73 Å². The van der Waals surface area contributed by atoms with Crippen LogP contribution in [0.3, 0.4) is 0 Å². The van der Waals surface area contributed by atoms with Gasteiger partial charge in [-0.1, -0.05) is 12.1 Å². The van der Waals surface area contributed by atoms with Crippen molar-refractivity contribution in [3.05, 3.63) is 52.2 Å². The van der Waals surface area contributed by atoms with Gasteiger partial charge in [-0.3, -0.25) is 4.79 Å². The minimum atomic E-state index is -3.68. The number of carbonyl (C=O) groups excluding carboxylic acids is 1. The minimum Gasteiger partial charge on any atom is -0.336 e. The number of rotatable bonds is 6. The number of likely N-dealkylation sites (tertiary alicyclic amines) is 1. The molecule has 2 aromatic rings. The van der Waals surface area contributed by atoms with Crippen molar-refractivity contribution in [2.24, 2.45) is 11.7 Å². The van der Waals surface area contributed by atoms with E-state index in [1.165, 1.54) is 23.5 Å². The quantitative estimate of drug-likeness (QED) is 0.785. The molecule has 0 saturated carbocycles. The number of nitrogens with one attached hydrogen (secondary N) is 1. The van der Waals surface area contributed by atoms with Crippen molar-refractivity contribution in [3.8, 4) is 0 Å². The van der Waals surface area contributed by atoms with Gasteiger partial charge in [0, 0.05) is 29.6 Å². The minimum absolute atomic E-state index is 0.0992. The van der Waals surface area contributed by atoms with Crippen LogP contribution in [0.4, 0.5) is 0 Å². The molecule has 2 heterocycles. The van der Waals surface area contributed by atoms with Gasteiger partial charge in [-0.15, -0.1) is 11.3 Å². The van der Waals surface area contributed by atoms with Crippen LogP contribution in [0, 0.1) is 5.92 Å². The molecular formula is C18H23N3O3S2. The summed E-state index contributed by atoms with van der Waals surface area (Å²) in [5.41, 5.74) is 6.11. The van der Waals surface area contributed by atoms with Crippen LogP contribution in [0.1, 0.15) is 28.6 Å². The van der Waals surface area contributed by atoms with Gasteiger partial charge in [0.15, 0.2) is 0 Å². The van der Waals surface area contributed by atoms with Crippen LogP contribution in [0.25, 0.3) is 0 Å². The average Bonchev–Trinajstić information content (AvgIpc) is 3.29. The highest BCUT2D eigenvalue weighted by Crippen LogP contribution is 2.25. The molecule has 8 heteroatoms. The van der Waals surface area contributed by atoms with Crippen LogP contribution in [0.2, 0.25) is 0 Å². The Hall–Kier alpha value is -1.74. The van der Waals surface area contributed by atoms with Crippen molar-refractivity contribution in [2.45, 2.75) is 30.8 Å². The molecule has 1 aliphatic rings. The molecule has 6 nitrogen and oxygen atoms in total. The second kappa shape index (κ2) is 7.87. The number of carbonyl (C=O) groups is 1. The van der Waals surface area contributed by atoms with E-state index in [1.54, 1.807) is 17.0 Å². The van der Waals surface area contributed by atoms with E-state index in [9.17, 15) is 13.2 Å². The average molecular weight is 394 g/mol. The molecule has 0 radical (unpaired) electrons. The molecule has 3 N–H and O–H groups in total. The fourth-order valence-electron chi connectivity index (χ4n) is 3.22. The zero-order valence-electron chi connectivity index (χ0n) is 14.6. The highest BCUT2D eigenvalue weighted by atomic mass is 32.2. The zero-order valence-corrected chi connectivity index (χ0v) is 16.2. The van der Waals surface area contributed by atoms with Gasteiger partial charge >= 0.3 is 0 Å². The largest absolute Gasteiger partial charge is 0.336 e. The zero-order chi connectivity index (χ0) is 18.7. The van der Waals surface area contributed by atoms with E-state index in [2.05, 4.69) is 4.72 Å². The first-order chi connectivity index (χ1) is 12.4. The van der Waals surface area contributed by atoms with Gasteiger partial charge in [-0.2, -0.15) is 0 Å². The Morgan fingerprint density at radius 3 is 2.81 bits per heavy atom. The van der Waals surface area contributed by atoms with E-state index in [1.807, 2.05) is 24.4 Å².